The topological polar surface area (TPSA) is 41.5 Å². The fraction of sp³-hybridized carbons (Fsp3) is 0.429. The Morgan fingerprint density at radius 2 is 2.11 bits per heavy atom. The lowest BCUT2D eigenvalue weighted by Gasteiger charge is -2.12. The van der Waals surface area contributed by atoms with Gasteiger partial charge in [0.05, 0.1) is 0 Å². The van der Waals surface area contributed by atoms with Crippen molar-refractivity contribution >= 4 is 15.9 Å². The van der Waals surface area contributed by atoms with Gasteiger partial charge in [-0.25, -0.2) is 0 Å². The van der Waals surface area contributed by atoms with E-state index >= 15 is 0 Å². The van der Waals surface area contributed by atoms with Crippen LogP contribution in [0.2, 0.25) is 0 Å². The molecule has 0 aliphatic heterocycles. The van der Waals surface area contributed by atoms with E-state index < -0.39 is 6.10 Å². The Kier molecular flexibility index (Phi) is 7.51. The molecule has 0 saturated carbocycles. The van der Waals surface area contributed by atoms with Crippen molar-refractivity contribution < 1.29 is 9.84 Å². The monoisotopic (exact) mass is 311 g/mol. The minimum atomic E-state index is -0.511. The van der Waals surface area contributed by atoms with Gasteiger partial charge in [-0.2, -0.15) is 0 Å². The molecular formula is C14H18BrNO2. The van der Waals surface area contributed by atoms with E-state index in [1.807, 2.05) is 31.2 Å². The standard InChI is InChI=1S/C14H18BrNO2/c1-2-3-4-9-16-10-13(17)11-18-14-7-5-12(15)6-8-14/h5-8,13,16-17H,4,9-11H2,1H3. The van der Waals surface area contributed by atoms with Crippen LogP contribution in [-0.4, -0.2) is 30.9 Å². The van der Waals surface area contributed by atoms with Crippen molar-refractivity contribution in [2.24, 2.45) is 0 Å². The van der Waals surface area contributed by atoms with Crippen LogP contribution in [-0.2, 0) is 0 Å². The molecule has 3 nitrogen and oxygen atoms in total. The maximum Gasteiger partial charge on any atom is 0.119 e. The van der Waals surface area contributed by atoms with Crippen LogP contribution < -0.4 is 10.1 Å². The van der Waals surface area contributed by atoms with Gasteiger partial charge in [-0.05, 0) is 31.2 Å². The SMILES string of the molecule is CC#CCCNCC(O)COc1ccc(Br)cc1. The highest BCUT2D eigenvalue weighted by molar-refractivity contribution is 9.10. The largest absolute Gasteiger partial charge is 0.491 e. The zero-order valence-electron chi connectivity index (χ0n) is 10.4. The first-order valence-corrected chi connectivity index (χ1v) is 6.68. The minimum absolute atomic E-state index is 0.286. The third-order valence-corrected chi connectivity index (χ3v) is 2.77. The summed E-state index contributed by atoms with van der Waals surface area (Å²) in [6.45, 7) is 3.41. The maximum atomic E-state index is 9.69. The number of rotatable bonds is 7. The summed E-state index contributed by atoms with van der Waals surface area (Å²) in [6.07, 6.45) is 0.291. The molecule has 0 radical (unpaired) electrons. The normalized spacial score (nSPS) is 11.5. The molecule has 0 fully saturated rings. The molecule has 0 amide bonds. The summed E-state index contributed by atoms with van der Waals surface area (Å²) in [5, 5.41) is 12.8. The maximum absolute atomic E-state index is 9.69. The number of halogens is 1. The summed E-state index contributed by atoms with van der Waals surface area (Å²) in [5.74, 6) is 6.54. The lowest BCUT2D eigenvalue weighted by molar-refractivity contribution is 0.107. The molecule has 0 spiro atoms. The summed E-state index contributed by atoms with van der Waals surface area (Å²) in [4.78, 5) is 0. The van der Waals surface area contributed by atoms with Gasteiger partial charge in [-0.15, -0.1) is 11.8 Å². The van der Waals surface area contributed by atoms with Gasteiger partial charge < -0.3 is 15.2 Å². The molecule has 4 heteroatoms. The van der Waals surface area contributed by atoms with Gasteiger partial charge in [0.2, 0.25) is 0 Å². The Balaban J connectivity index is 2.14. The second-order valence-electron chi connectivity index (χ2n) is 3.80. The van der Waals surface area contributed by atoms with Gasteiger partial charge in [0.1, 0.15) is 18.5 Å². The number of hydrogen-bond acceptors (Lipinski definition) is 3. The Labute approximate surface area is 117 Å². The summed E-state index contributed by atoms with van der Waals surface area (Å²) in [5.41, 5.74) is 0. The molecule has 18 heavy (non-hydrogen) atoms. The van der Waals surface area contributed by atoms with Gasteiger partial charge in [0.15, 0.2) is 0 Å². The predicted octanol–water partition coefficient (Wildman–Crippen LogP) is 2.19. The van der Waals surface area contributed by atoms with E-state index in [1.165, 1.54) is 0 Å². The molecular weight excluding hydrogens is 294 g/mol. The summed E-state index contributed by atoms with van der Waals surface area (Å²) >= 11 is 3.35. The smallest absolute Gasteiger partial charge is 0.119 e. The van der Waals surface area contributed by atoms with Crippen molar-refractivity contribution in [1.82, 2.24) is 5.32 Å². The fourth-order valence-corrected chi connectivity index (χ4v) is 1.59. The zero-order chi connectivity index (χ0) is 13.2. The summed E-state index contributed by atoms with van der Waals surface area (Å²) < 4.78 is 6.47. The van der Waals surface area contributed by atoms with Crippen molar-refractivity contribution in [3.8, 4) is 17.6 Å². The highest BCUT2D eigenvalue weighted by atomic mass is 79.9. The molecule has 0 aromatic heterocycles. The van der Waals surface area contributed by atoms with E-state index in [-0.39, 0.29) is 6.61 Å². The first kappa shape index (κ1) is 15.0. The fourth-order valence-electron chi connectivity index (χ4n) is 1.33. The minimum Gasteiger partial charge on any atom is -0.491 e. The second-order valence-corrected chi connectivity index (χ2v) is 4.72. The molecule has 0 heterocycles. The van der Waals surface area contributed by atoms with Crippen LogP contribution in [0.15, 0.2) is 28.7 Å². The molecule has 1 aromatic rings. The van der Waals surface area contributed by atoms with Crippen LogP contribution in [0.3, 0.4) is 0 Å². The van der Waals surface area contributed by atoms with Crippen LogP contribution in [0.5, 0.6) is 5.75 Å². The van der Waals surface area contributed by atoms with E-state index in [1.54, 1.807) is 0 Å². The van der Waals surface area contributed by atoms with Crippen LogP contribution in [0.4, 0.5) is 0 Å². The molecule has 1 unspecified atom stereocenters. The van der Waals surface area contributed by atoms with Gasteiger partial charge in [-0.3, -0.25) is 0 Å². The number of ether oxygens (including phenoxy) is 1. The van der Waals surface area contributed by atoms with Gasteiger partial charge in [0.25, 0.3) is 0 Å². The van der Waals surface area contributed by atoms with E-state index in [2.05, 4.69) is 33.1 Å². The summed E-state index contributed by atoms with van der Waals surface area (Å²) in [6, 6.07) is 7.54. The lowest BCUT2D eigenvalue weighted by atomic mass is 10.3. The third-order valence-electron chi connectivity index (χ3n) is 2.24. The number of nitrogens with one attached hydrogen (secondary N) is 1. The highest BCUT2D eigenvalue weighted by Crippen LogP contribution is 2.16. The van der Waals surface area contributed by atoms with E-state index in [0.717, 1.165) is 23.2 Å². The quantitative estimate of drug-likeness (QED) is 0.599. The average Bonchev–Trinajstić information content (AvgIpc) is 2.38. The van der Waals surface area contributed by atoms with Gasteiger partial charge >= 0.3 is 0 Å². The zero-order valence-corrected chi connectivity index (χ0v) is 12.0. The molecule has 0 aliphatic rings. The average molecular weight is 312 g/mol. The molecule has 0 saturated heterocycles. The lowest BCUT2D eigenvalue weighted by Crippen LogP contribution is -2.31. The molecule has 0 aliphatic carbocycles. The predicted molar refractivity (Wildman–Crippen MR) is 76.6 cm³/mol. The van der Waals surface area contributed by atoms with Gasteiger partial charge in [0, 0.05) is 24.0 Å². The molecule has 0 bridgehead atoms. The molecule has 1 aromatic carbocycles. The van der Waals surface area contributed by atoms with E-state index in [0.29, 0.717) is 6.54 Å². The number of benzene rings is 1. The van der Waals surface area contributed by atoms with Crippen LogP contribution in [0.25, 0.3) is 0 Å². The number of aliphatic hydroxyl groups excluding tert-OH is 1. The van der Waals surface area contributed by atoms with Gasteiger partial charge in [-0.1, -0.05) is 15.9 Å². The Morgan fingerprint density at radius 1 is 1.39 bits per heavy atom. The van der Waals surface area contributed by atoms with Crippen molar-refractivity contribution in [2.75, 3.05) is 19.7 Å². The van der Waals surface area contributed by atoms with Crippen LogP contribution >= 0.6 is 15.9 Å². The molecule has 1 rings (SSSR count). The molecule has 98 valence electrons. The van der Waals surface area contributed by atoms with Crippen molar-refractivity contribution in [2.45, 2.75) is 19.4 Å². The number of hydrogen-bond donors (Lipinski definition) is 2. The Hall–Kier alpha value is -1.02. The van der Waals surface area contributed by atoms with E-state index in [9.17, 15) is 5.11 Å². The molecule has 1 atom stereocenters. The highest BCUT2D eigenvalue weighted by Gasteiger charge is 2.04. The first-order chi connectivity index (χ1) is 8.72. The number of aliphatic hydroxyl groups is 1. The van der Waals surface area contributed by atoms with E-state index in [4.69, 9.17) is 4.74 Å². The van der Waals surface area contributed by atoms with Crippen molar-refractivity contribution in [1.29, 1.82) is 0 Å². The first-order valence-electron chi connectivity index (χ1n) is 5.89. The Bertz CT molecular complexity index is 394. The van der Waals surface area contributed by atoms with Crippen molar-refractivity contribution in [3.05, 3.63) is 28.7 Å². The molecule has 2 N–H and O–H groups in total. The Morgan fingerprint density at radius 3 is 2.78 bits per heavy atom. The van der Waals surface area contributed by atoms with Crippen LogP contribution in [0, 0.1) is 11.8 Å². The summed E-state index contributed by atoms with van der Waals surface area (Å²) in [7, 11) is 0. The van der Waals surface area contributed by atoms with Crippen LogP contribution in [0.1, 0.15) is 13.3 Å². The van der Waals surface area contributed by atoms with Crippen molar-refractivity contribution in [3.63, 3.8) is 0 Å². The third kappa shape index (κ3) is 6.65. The second kappa shape index (κ2) is 8.98.